The Morgan fingerprint density at radius 3 is 1.88 bits per heavy atom. The quantitative estimate of drug-likeness (QED) is 0.142. The molecule has 0 saturated heterocycles. The van der Waals surface area contributed by atoms with Gasteiger partial charge in [0.25, 0.3) is 0 Å². The highest BCUT2D eigenvalue weighted by Gasteiger charge is 2.09. The number of para-hydroxylation sites is 2. The second kappa shape index (κ2) is 11.3. The van der Waals surface area contributed by atoms with Gasteiger partial charge in [-0.3, -0.25) is 9.98 Å². The zero-order valence-electron chi connectivity index (χ0n) is 21.2. The number of nitrogens with zero attached hydrogens (tertiary/aromatic N) is 2. The first kappa shape index (κ1) is 26.5. The molecule has 200 valence electrons. The highest BCUT2D eigenvalue weighted by Crippen LogP contribution is 2.30. The molecule has 9 heteroatoms. The summed E-state index contributed by atoms with van der Waals surface area (Å²) in [5, 5.41) is 31.2. The van der Waals surface area contributed by atoms with E-state index in [0.29, 0.717) is 22.5 Å². The first-order valence-corrected chi connectivity index (χ1v) is 12.6. The van der Waals surface area contributed by atoms with Crippen LogP contribution in [0.25, 0.3) is 21.8 Å². The number of halogens is 2. The van der Waals surface area contributed by atoms with E-state index in [-0.39, 0.29) is 28.3 Å². The van der Waals surface area contributed by atoms with E-state index in [0.717, 1.165) is 27.4 Å². The van der Waals surface area contributed by atoms with Crippen molar-refractivity contribution in [3.8, 4) is 17.5 Å². The third-order valence-electron chi connectivity index (χ3n) is 6.22. The van der Waals surface area contributed by atoms with E-state index >= 15 is 0 Å². The molecule has 0 atom stereocenters. The summed E-state index contributed by atoms with van der Waals surface area (Å²) in [6.45, 7) is 1.80. The van der Waals surface area contributed by atoms with Gasteiger partial charge in [-0.15, -0.1) is 0 Å². The van der Waals surface area contributed by atoms with Crippen molar-refractivity contribution >= 4 is 57.2 Å². The van der Waals surface area contributed by atoms with E-state index in [2.05, 4.69) is 20.0 Å². The molecule has 0 bridgehead atoms. The van der Waals surface area contributed by atoms with Crippen molar-refractivity contribution in [2.24, 2.45) is 9.98 Å². The Morgan fingerprint density at radius 1 is 0.725 bits per heavy atom. The lowest BCUT2D eigenvalue weighted by molar-refractivity contribution is 0.457. The van der Waals surface area contributed by atoms with Crippen LogP contribution in [0.2, 0.25) is 5.02 Å². The Balaban J connectivity index is 0.000000161. The normalized spacial score (nSPS) is 11.5. The minimum Gasteiger partial charge on any atom is -0.506 e. The summed E-state index contributed by atoms with van der Waals surface area (Å²) < 4.78 is 13.0. The van der Waals surface area contributed by atoms with Gasteiger partial charge in [0.05, 0.1) is 27.5 Å². The van der Waals surface area contributed by atoms with Gasteiger partial charge in [0.15, 0.2) is 11.8 Å². The molecule has 40 heavy (non-hydrogen) atoms. The third-order valence-corrected chi connectivity index (χ3v) is 6.52. The SMILES string of the molecule is Cc1cc(F)ccc1N=Cc1c(O)[nH]c2ccccc12.Oc1ccc(N=Cc2c(O)[nH]c3ccccc23)cc1Cl. The van der Waals surface area contributed by atoms with E-state index < -0.39 is 0 Å². The lowest BCUT2D eigenvalue weighted by atomic mass is 10.1. The van der Waals surface area contributed by atoms with Crippen LogP contribution in [0.5, 0.6) is 17.5 Å². The fourth-order valence-electron chi connectivity index (χ4n) is 4.17. The molecule has 0 aliphatic heterocycles. The number of benzene rings is 4. The molecule has 2 aromatic heterocycles. The standard InChI is InChI=1S/C16H13FN2O.C15H11ClN2O2/c1-10-8-11(17)6-7-14(10)18-9-13-12-4-2-3-5-15(12)19-16(13)20;16-12-7-9(5-6-14(12)19)17-8-11-10-3-1-2-4-13(10)18-15(11)20/h2-9,19-20H,1H3;1-8,18-20H. The van der Waals surface area contributed by atoms with Gasteiger partial charge in [0.2, 0.25) is 0 Å². The highest BCUT2D eigenvalue weighted by atomic mass is 35.5. The fraction of sp³-hybridized carbons (Fsp3) is 0.0323. The number of H-pyrrole nitrogens is 2. The van der Waals surface area contributed by atoms with Crippen molar-refractivity contribution in [1.82, 2.24) is 9.97 Å². The number of hydrogen-bond donors (Lipinski definition) is 5. The van der Waals surface area contributed by atoms with Gasteiger partial charge < -0.3 is 25.3 Å². The van der Waals surface area contributed by atoms with Crippen LogP contribution in [0.1, 0.15) is 16.7 Å². The Hall–Kier alpha value is -5.08. The first-order chi connectivity index (χ1) is 19.3. The molecule has 2 heterocycles. The Kier molecular flexibility index (Phi) is 7.52. The molecule has 7 nitrogen and oxygen atoms in total. The van der Waals surface area contributed by atoms with Crippen molar-refractivity contribution in [1.29, 1.82) is 0 Å². The van der Waals surface area contributed by atoms with Crippen LogP contribution in [0, 0.1) is 12.7 Å². The molecule has 0 radical (unpaired) electrons. The predicted molar refractivity (Wildman–Crippen MR) is 159 cm³/mol. The number of phenolic OH excluding ortho intramolecular Hbond substituents is 1. The highest BCUT2D eigenvalue weighted by molar-refractivity contribution is 6.32. The molecule has 5 N–H and O–H groups in total. The molecule has 0 fully saturated rings. The molecule has 0 aliphatic rings. The molecule has 0 aliphatic carbocycles. The summed E-state index contributed by atoms with van der Waals surface area (Å²) in [7, 11) is 0. The number of aromatic hydroxyl groups is 3. The number of fused-ring (bicyclic) bond motifs is 2. The maximum atomic E-state index is 13.0. The minimum absolute atomic E-state index is 0.0144. The summed E-state index contributed by atoms with van der Waals surface area (Å²) in [4.78, 5) is 14.4. The van der Waals surface area contributed by atoms with E-state index in [9.17, 15) is 19.7 Å². The van der Waals surface area contributed by atoms with E-state index in [1.165, 1.54) is 18.2 Å². The number of aryl methyl sites for hydroxylation is 1. The van der Waals surface area contributed by atoms with Crippen LogP contribution in [0.3, 0.4) is 0 Å². The lowest BCUT2D eigenvalue weighted by Gasteiger charge is -1.99. The summed E-state index contributed by atoms with van der Waals surface area (Å²) >= 11 is 5.82. The molecule has 4 aromatic carbocycles. The van der Waals surface area contributed by atoms with Crippen LogP contribution in [-0.4, -0.2) is 37.7 Å². The van der Waals surface area contributed by atoms with Gasteiger partial charge in [-0.1, -0.05) is 48.0 Å². The Labute approximate surface area is 233 Å². The minimum atomic E-state index is -0.281. The monoisotopic (exact) mass is 554 g/mol. The van der Waals surface area contributed by atoms with Gasteiger partial charge >= 0.3 is 0 Å². The molecule has 6 aromatic rings. The van der Waals surface area contributed by atoms with Crippen molar-refractivity contribution in [3.05, 3.63) is 112 Å². The average molecular weight is 555 g/mol. The lowest BCUT2D eigenvalue weighted by Crippen LogP contribution is -1.82. The van der Waals surface area contributed by atoms with E-state index in [1.807, 2.05) is 48.5 Å². The van der Waals surface area contributed by atoms with Crippen molar-refractivity contribution in [2.45, 2.75) is 6.92 Å². The van der Waals surface area contributed by atoms with Crippen molar-refractivity contribution in [2.75, 3.05) is 0 Å². The number of aliphatic imine (C=N–C) groups is 2. The summed E-state index contributed by atoms with van der Waals surface area (Å²) in [5.74, 6) is -0.119. The second-order valence-corrected chi connectivity index (χ2v) is 9.36. The van der Waals surface area contributed by atoms with Crippen molar-refractivity contribution in [3.63, 3.8) is 0 Å². The largest absolute Gasteiger partial charge is 0.506 e. The fourth-order valence-corrected chi connectivity index (χ4v) is 4.35. The van der Waals surface area contributed by atoms with Crippen LogP contribution in [-0.2, 0) is 0 Å². The maximum Gasteiger partial charge on any atom is 0.198 e. The maximum absolute atomic E-state index is 13.0. The number of aromatic nitrogens is 2. The van der Waals surface area contributed by atoms with E-state index in [4.69, 9.17) is 11.6 Å². The number of nitrogens with one attached hydrogen (secondary N) is 2. The van der Waals surface area contributed by atoms with Gasteiger partial charge in [-0.2, -0.15) is 0 Å². The summed E-state index contributed by atoms with van der Waals surface area (Å²) in [5.41, 5.74) is 4.96. The van der Waals surface area contributed by atoms with Crippen molar-refractivity contribution < 1.29 is 19.7 Å². The molecular weight excluding hydrogens is 531 g/mol. The second-order valence-electron chi connectivity index (χ2n) is 8.95. The molecule has 0 unspecified atom stereocenters. The van der Waals surface area contributed by atoms with Gasteiger partial charge in [0.1, 0.15) is 11.6 Å². The first-order valence-electron chi connectivity index (χ1n) is 12.2. The average Bonchev–Trinajstić information content (AvgIpc) is 3.44. The zero-order valence-corrected chi connectivity index (χ0v) is 22.0. The molecule has 0 saturated carbocycles. The summed E-state index contributed by atoms with van der Waals surface area (Å²) in [6.07, 6.45) is 3.16. The van der Waals surface area contributed by atoms with E-state index in [1.54, 1.807) is 37.6 Å². The van der Waals surface area contributed by atoms with Crippen LogP contribution in [0.15, 0.2) is 94.9 Å². The Morgan fingerprint density at radius 2 is 1.30 bits per heavy atom. The number of rotatable bonds is 4. The van der Waals surface area contributed by atoms with Gasteiger partial charge in [-0.05, 0) is 61.0 Å². The predicted octanol–water partition coefficient (Wildman–Crippen LogP) is 8.05. The Bertz CT molecular complexity index is 1890. The molecular formula is C31H24ClFN4O3. The summed E-state index contributed by atoms with van der Waals surface area (Å²) in [6, 6.07) is 24.2. The number of aromatic amines is 2. The molecule has 0 spiro atoms. The zero-order chi connectivity index (χ0) is 28.2. The molecule has 6 rings (SSSR count). The number of phenols is 1. The third kappa shape index (κ3) is 5.67. The van der Waals surface area contributed by atoms with Gasteiger partial charge in [-0.25, -0.2) is 4.39 Å². The topological polar surface area (TPSA) is 117 Å². The molecule has 0 amide bonds. The van der Waals surface area contributed by atoms with Crippen LogP contribution < -0.4 is 0 Å². The smallest absolute Gasteiger partial charge is 0.198 e. The van der Waals surface area contributed by atoms with Crippen LogP contribution >= 0.6 is 11.6 Å². The number of hydrogen-bond acceptors (Lipinski definition) is 5. The van der Waals surface area contributed by atoms with Gasteiger partial charge in [0, 0.05) is 34.2 Å². The van der Waals surface area contributed by atoms with Crippen LogP contribution in [0.4, 0.5) is 15.8 Å².